The van der Waals surface area contributed by atoms with Crippen LogP contribution in [0.4, 0.5) is 0 Å². The summed E-state index contributed by atoms with van der Waals surface area (Å²) in [5, 5.41) is 21.6. The van der Waals surface area contributed by atoms with E-state index < -0.39 is 0 Å². The minimum atomic E-state index is -0.0177. The molecule has 0 saturated carbocycles. The van der Waals surface area contributed by atoms with Crippen molar-refractivity contribution >= 4 is 0 Å². The zero-order chi connectivity index (χ0) is 9.26. The van der Waals surface area contributed by atoms with Crippen molar-refractivity contribution in [2.24, 2.45) is 0 Å². The maximum atomic E-state index is 9.29. The highest BCUT2D eigenvalue weighted by Crippen LogP contribution is 2.25. The molecule has 2 rings (SSSR count). The Morgan fingerprint density at radius 2 is 2.31 bits per heavy atom. The van der Waals surface area contributed by atoms with E-state index in [1.807, 2.05) is 6.07 Å². The van der Waals surface area contributed by atoms with Crippen molar-refractivity contribution in [1.82, 2.24) is 5.32 Å². The van der Waals surface area contributed by atoms with Crippen LogP contribution in [0.25, 0.3) is 0 Å². The molecular formula is C10H13NO2. The van der Waals surface area contributed by atoms with Gasteiger partial charge < -0.3 is 15.5 Å². The minimum absolute atomic E-state index is 0.0177. The van der Waals surface area contributed by atoms with Gasteiger partial charge in [-0.1, -0.05) is 6.07 Å². The number of aromatic hydroxyl groups is 1. The van der Waals surface area contributed by atoms with Crippen LogP contribution in [-0.2, 0) is 6.42 Å². The maximum absolute atomic E-state index is 9.29. The quantitative estimate of drug-likeness (QED) is 0.591. The largest absolute Gasteiger partial charge is 0.508 e. The first-order chi connectivity index (χ1) is 6.31. The van der Waals surface area contributed by atoms with E-state index >= 15 is 0 Å². The van der Waals surface area contributed by atoms with E-state index in [2.05, 4.69) is 5.32 Å². The summed E-state index contributed by atoms with van der Waals surface area (Å²) < 4.78 is 0. The number of hydrogen-bond donors (Lipinski definition) is 3. The van der Waals surface area contributed by atoms with Crippen molar-refractivity contribution in [3.8, 4) is 5.75 Å². The van der Waals surface area contributed by atoms with Crippen LogP contribution in [0.15, 0.2) is 18.2 Å². The van der Waals surface area contributed by atoms with Crippen LogP contribution in [0, 0.1) is 0 Å². The molecule has 0 aliphatic carbocycles. The summed E-state index contributed by atoms with van der Waals surface area (Å²) in [6.45, 7) is 0.972. The molecule has 0 saturated heterocycles. The minimum Gasteiger partial charge on any atom is -0.508 e. The number of nitrogens with one attached hydrogen (secondary N) is 1. The Hall–Kier alpha value is -1.06. The predicted octanol–water partition coefficient (Wildman–Crippen LogP) is 0.571. The normalized spacial score (nSPS) is 21.2. The number of aliphatic hydroxyl groups is 1. The lowest BCUT2D eigenvalue weighted by Gasteiger charge is -2.25. The van der Waals surface area contributed by atoms with Gasteiger partial charge in [-0.25, -0.2) is 0 Å². The van der Waals surface area contributed by atoms with Gasteiger partial charge in [0.1, 0.15) is 5.75 Å². The van der Waals surface area contributed by atoms with Crippen molar-refractivity contribution in [2.75, 3.05) is 13.2 Å². The molecule has 13 heavy (non-hydrogen) atoms. The van der Waals surface area contributed by atoms with Gasteiger partial charge in [0.25, 0.3) is 0 Å². The van der Waals surface area contributed by atoms with Crippen LogP contribution in [0.3, 0.4) is 0 Å². The monoisotopic (exact) mass is 179 g/mol. The Balaban J connectivity index is 2.41. The number of hydrogen-bond acceptors (Lipinski definition) is 3. The second-order valence-corrected chi connectivity index (χ2v) is 3.32. The molecule has 70 valence electrons. The molecule has 1 aromatic carbocycles. The molecule has 1 aliphatic heterocycles. The number of benzene rings is 1. The standard InChI is InChI=1S/C10H13NO2/c12-6-10-9-5-8(13)2-1-7(9)3-4-11-10/h1-2,5,10-13H,3-4,6H2/t10-/m0/s1. The van der Waals surface area contributed by atoms with Gasteiger partial charge >= 0.3 is 0 Å². The van der Waals surface area contributed by atoms with Crippen LogP contribution in [0.2, 0.25) is 0 Å². The van der Waals surface area contributed by atoms with Gasteiger partial charge in [0.05, 0.1) is 12.6 Å². The second-order valence-electron chi connectivity index (χ2n) is 3.32. The summed E-state index contributed by atoms with van der Waals surface area (Å²) in [4.78, 5) is 0. The summed E-state index contributed by atoms with van der Waals surface area (Å²) in [6, 6.07) is 5.32. The summed E-state index contributed by atoms with van der Waals surface area (Å²) >= 11 is 0. The molecular weight excluding hydrogens is 166 g/mol. The van der Waals surface area contributed by atoms with E-state index in [0.29, 0.717) is 0 Å². The lowest BCUT2D eigenvalue weighted by Crippen LogP contribution is -2.31. The topological polar surface area (TPSA) is 52.5 Å². The van der Waals surface area contributed by atoms with Crippen LogP contribution in [0.1, 0.15) is 17.2 Å². The number of rotatable bonds is 1. The van der Waals surface area contributed by atoms with Crippen LogP contribution >= 0.6 is 0 Å². The van der Waals surface area contributed by atoms with Crippen molar-refractivity contribution in [3.63, 3.8) is 0 Å². The first kappa shape index (κ1) is 8.53. The summed E-state index contributed by atoms with van der Waals surface area (Å²) in [5.74, 6) is 0.265. The van der Waals surface area contributed by atoms with Gasteiger partial charge in [-0.3, -0.25) is 0 Å². The van der Waals surface area contributed by atoms with Crippen molar-refractivity contribution in [2.45, 2.75) is 12.5 Å². The highest BCUT2D eigenvalue weighted by molar-refractivity contribution is 5.38. The Kier molecular flexibility index (Phi) is 2.20. The molecule has 1 heterocycles. The second kappa shape index (κ2) is 3.36. The van der Waals surface area contributed by atoms with Gasteiger partial charge in [-0.05, 0) is 36.2 Å². The number of phenolic OH excluding ortho intramolecular Hbond substituents is 1. The van der Waals surface area contributed by atoms with E-state index in [-0.39, 0.29) is 18.4 Å². The third-order valence-corrected chi connectivity index (χ3v) is 2.47. The molecule has 1 aromatic rings. The highest BCUT2D eigenvalue weighted by atomic mass is 16.3. The van der Waals surface area contributed by atoms with E-state index in [1.54, 1.807) is 12.1 Å². The van der Waals surface area contributed by atoms with Gasteiger partial charge in [0.15, 0.2) is 0 Å². The maximum Gasteiger partial charge on any atom is 0.115 e. The predicted molar refractivity (Wildman–Crippen MR) is 49.6 cm³/mol. The third-order valence-electron chi connectivity index (χ3n) is 2.47. The van der Waals surface area contributed by atoms with E-state index in [9.17, 15) is 5.11 Å². The van der Waals surface area contributed by atoms with Gasteiger partial charge in [-0.2, -0.15) is 0 Å². The van der Waals surface area contributed by atoms with Crippen molar-refractivity contribution in [1.29, 1.82) is 0 Å². The van der Waals surface area contributed by atoms with Crippen molar-refractivity contribution in [3.05, 3.63) is 29.3 Å². The fourth-order valence-corrected chi connectivity index (χ4v) is 1.79. The third kappa shape index (κ3) is 1.53. The molecule has 0 bridgehead atoms. The molecule has 0 unspecified atom stereocenters. The van der Waals surface area contributed by atoms with Gasteiger partial charge in [0, 0.05) is 0 Å². The summed E-state index contributed by atoms with van der Waals surface area (Å²) in [6.07, 6.45) is 0.964. The molecule has 0 fully saturated rings. The number of phenols is 1. The molecule has 0 radical (unpaired) electrons. The Labute approximate surface area is 77.0 Å². The highest BCUT2D eigenvalue weighted by Gasteiger charge is 2.18. The molecule has 0 aromatic heterocycles. The van der Waals surface area contributed by atoms with E-state index in [1.165, 1.54) is 5.56 Å². The zero-order valence-electron chi connectivity index (χ0n) is 7.33. The Bertz CT molecular complexity index is 312. The number of aliphatic hydroxyl groups excluding tert-OH is 1. The van der Waals surface area contributed by atoms with Crippen LogP contribution in [-0.4, -0.2) is 23.4 Å². The first-order valence-corrected chi connectivity index (χ1v) is 4.47. The fourth-order valence-electron chi connectivity index (χ4n) is 1.79. The average Bonchev–Trinajstić information content (AvgIpc) is 2.17. The Morgan fingerprint density at radius 1 is 1.46 bits per heavy atom. The zero-order valence-corrected chi connectivity index (χ0v) is 7.33. The average molecular weight is 179 g/mol. The molecule has 1 aliphatic rings. The molecule has 3 N–H and O–H groups in total. The molecule has 3 heteroatoms. The lowest BCUT2D eigenvalue weighted by atomic mass is 9.94. The number of fused-ring (bicyclic) bond motifs is 1. The summed E-state index contributed by atoms with van der Waals surface area (Å²) in [7, 11) is 0. The lowest BCUT2D eigenvalue weighted by molar-refractivity contribution is 0.240. The molecule has 0 spiro atoms. The van der Waals surface area contributed by atoms with Crippen LogP contribution in [0.5, 0.6) is 5.75 Å². The first-order valence-electron chi connectivity index (χ1n) is 4.47. The fraction of sp³-hybridized carbons (Fsp3) is 0.400. The van der Waals surface area contributed by atoms with Crippen molar-refractivity contribution < 1.29 is 10.2 Å². The van der Waals surface area contributed by atoms with E-state index in [0.717, 1.165) is 18.5 Å². The van der Waals surface area contributed by atoms with Crippen LogP contribution < -0.4 is 5.32 Å². The molecule has 0 amide bonds. The van der Waals surface area contributed by atoms with Gasteiger partial charge in [-0.15, -0.1) is 0 Å². The van der Waals surface area contributed by atoms with E-state index in [4.69, 9.17) is 5.11 Å². The molecule has 3 nitrogen and oxygen atoms in total. The van der Waals surface area contributed by atoms with Gasteiger partial charge in [0.2, 0.25) is 0 Å². The summed E-state index contributed by atoms with van der Waals surface area (Å²) in [5.41, 5.74) is 2.24. The Morgan fingerprint density at radius 3 is 3.08 bits per heavy atom. The smallest absolute Gasteiger partial charge is 0.115 e. The SMILES string of the molecule is OC[C@@H]1NCCc2ccc(O)cc21. The molecule has 1 atom stereocenters.